The number of aryl methyl sites for hydroxylation is 1. The molecule has 0 unspecified atom stereocenters. The Kier molecular flexibility index (Phi) is 3.47. The van der Waals surface area contributed by atoms with Crippen molar-refractivity contribution in [3.8, 4) is 0 Å². The van der Waals surface area contributed by atoms with E-state index in [1.54, 1.807) is 25.4 Å². The van der Waals surface area contributed by atoms with Crippen LogP contribution in [0, 0.1) is 0 Å². The van der Waals surface area contributed by atoms with Crippen molar-refractivity contribution in [2.45, 2.75) is 0 Å². The Labute approximate surface area is 126 Å². The SMILES string of the molecule is Cn1c(=O)c2c(/C=C/c3ccccc3)nccc2n(C)c1=O. The number of hydrogen-bond donors (Lipinski definition) is 0. The van der Waals surface area contributed by atoms with Gasteiger partial charge < -0.3 is 0 Å². The first-order valence-electron chi connectivity index (χ1n) is 6.87. The Hall–Kier alpha value is -2.95. The van der Waals surface area contributed by atoms with Crippen molar-refractivity contribution < 1.29 is 0 Å². The first-order valence-corrected chi connectivity index (χ1v) is 6.87. The zero-order valence-electron chi connectivity index (χ0n) is 12.4. The summed E-state index contributed by atoms with van der Waals surface area (Å²) in [6, 6.07) is 11.4. The Bertz CT molecular complexity index is 982. The number of benzene rings is 1. The van der Waals surface area contributed by atoms with Crippen LogP contribution in [0.2, 0.25) is 0 Å². The molecular formula is C17H15N3O2. The third kappa shape index (κ3) is 2.26. The van der Waals surface area contributed by atoms with E-state index in [1.807, 2.05) is 36.4 Å². The summed E-state index contributed by atoms with van der Waals surface area (Å²) in [5, 5.41) is 0.444. The van der Waals surface area contributed by atoms with Gasteiger partial charge in [-0.25, -0.2) is 4.79 Å². The number of pyridine rings is 1. The molecule has 0 aliphatic carbocycles. The van der Waals surface area contributed by atoms with Gasteiger partial charge in [-0.15, -0.1) is 0 Å². The van der Waals surface area contributed by atoms with E-state index in [0.29, 0.717) is 16.6 Å². The summed E-state index contributed by atoms with van der Waals surface area (Å²) in [6.45, 7) is 0. The van der Waals surface area contributed by atoms with E-state index in [4.69, 9.17) is 0 Å². The van der Waals surface area contributed by atoms with Gasteiger partial charge in [-0.05, 0) is 17.7 Å². The second-order valence-corrected chi connectivity index (χ2v) is 5.04. The fourth-order valence-electron chi connectivity index (χ4n) is 2.41. The monoisotopic (exact) mass is 293 g/mol. The predicted octanol–water partition coefficient (Wildman–Crippen LogP) is 1.80. The topological polar surface area (TPSA) is 56.9 Å². The average molecular weight is 293 g/mol. The summed E-state index contributed by atoms with van der Waals surface area (Å²) < 4.78 is 2.56. The minimum absolute atomic E-state index is 0.334. The van der Waals surface area contributed by atoms with E-state index in [2.05, 4.69) is 4.98 Å². The molecule has 3 aromatic rings. The molecule has 0 atom stereocenters. The second kappa shape index (κ2) is 5.44. The lowest BCUT2D eigenvalue weighted by atomic mass is 10.1. The van der Waals surface area contributed by atoms with E-state index in [1.165, 1.54) is 11.6 Å². The van der Waals surface area contributed by atoms with Crippen molar-refractivity contribution in [1.29, 1.82) is 0 Å². The van der Waals surface area contributed by atoms with Gasteiger partial charge >= 0.3 is 5.69 Å². The highest BCUT2D eigenvalue weighted by Gasteiger charge is 2.11. The fourth-order valence-corrected chi connectivity index (χ4v) is 2.41. The third-order valence-corrected chi connectivity index (χ3v) is 3.65. The second-order valence-electron chi connectivity index (χ2n) is 5.04. The Morgan fingerprint density at radius 2 is 1.68 bits per heavy atom. The smallest absolute Gasteiger partial charge is 0.296 e. The quantitative estimate of drug-likeness (QED) is 0.724. The standard InChI is InChI=1S/C17H15N3O2/c1-19-14-10-11-18-13(9-8-12-6-4-3-5-7-12)15(14)16(21)20(2)17(19)22/h3-11H,1-2H3/b9-8+. The van der Waals surface area contributed by atoms with Crippen LogP contribution in [-0.4, -0.2) is 14.1 Å². The van der Waals surface area contributed by atoms with Crippen LogP contribution in [0.4, 0.5) is 0 Å². The Morgan fingerprint density at radius 3 is 2.41 bits per heavy atom. The van der Waals surface area contributed by atoms with Crippen LogP contribution >= 0.6 is 0 Å². The molecule has 0 amide bonds. The minimum Gasteiger partial charge on any atom is -0.296 e. The average Bonchev–Trinajstić information content (AvgIpc) is 2.56. The maximum atomic E-state index is 12.4. The van der Waals surface area contributed by atoms with E-state index >= 15 is 0 Å². The highest BCUT2D eigenvalue weighted by Crippen LogP contribution is 2.14. The summed E-state index contributed by atoms with van der Waals surface area (Å²) >= 11 is 0. The van der Waals surface area contributed by atoms with Crippen LogP contribution in [-0.2, 0) is 14.1 Å². The summed E-state index contributed by atoms with van der Waals surface area (Å²) in [6.07, 6.45) is 5.29. The van der Waals surface area contributed by atoms with Crippen LogP contribution in [0.1, 0.15) is 11.3 Å². The molecule has 0 fully saturated rings. The predicted molar refractivity (Wildman–Crippen MR) is 87.6 cm³/mol. The van der Waals surface area contributed by atoms with Gasteiger partial charge in [0.1, 0.15) is 0 Å². The van der Waals surface area contributed by atoms with Gasteiger partial charge in [-0.3, -0.25) is 18.9 Å². The van der Waals surface area contributed by atoms with Gasteiger partial charge in [0.25, 0.3) is 5.56 Å². The van der Waals surface area contributed by atoms with Crippen LogP contribution in [0.3, 0.4) is 0 Å². The molecule has 0 spiro atoms. The van der Waals surface area contributed by atoms with E-state index < -0.39 is 0 Å². The lowest BCUT2D eigenvalue weighted by Gasteiger charge is -2.08. The Balaban J connectivity index is 2.26. The molecule has 3 rings (SSSR count). The number of nitrogens with zero attached hydrogens (tertiary/aromatic N) is 3. The van der Waals surface area contributed by atoms with Crippen molar-refractivity contribution in [2.75, 3.05) is 0 Å². The molecule has 5 heteroatoms. The highest BCUT2D eigenvalue weighted by atomic mass is 16.2. The molecule has 22 heavy (non-hydrogen) atoms. The lowest BCUT2D eigenvalue weighted by Crippen LogP contribution is -2.37. The van der Waals surface area contributed by atoms with Crippen LogP contribution in [0.25, 0.3) is 23.1 Å². The fraction of sp³-hybridized carbons (Fsp3) is 0.118. The van der Waals surface area contributed by atoms with Crippen LogP contribution in [0.15, 0.2) is 52.2 Å². The molecule has 0 aliphatic heterocycles. The molecular weight excluding hydrogens is 278 g/mol. The van der Waals surface area contributed by atoms with Gasteiger partial charge in [0, 0.05) is 20.3 Å². The number of rotatable bonds is 2. The van der Waals surface area contributed by atoms with Crippen LogP contribution < -0.4 is 11.2 Å². The summed E-state index contributed by atoms with van der Waals surface area (Å²) in [4.78, 5) is 28.7. The van der Waals surface area contributed by atoms with E-state index in [9.17, 15) is 9.59 Å². The molecule has 5 nitrogen and oxygen atoms in total. The maximum absolute atomic E-state index is 12.4. The maximum Gasteiger partial charge on any atom is 0.330 e. The van der Waals surface area contributed by atoms with E-state index in [-0.39, 0.29) is 11.2 Å². The molecule has 1 aromatic carbocycles. The number of aromatic nitrogens is 3. The van der Waals surface area contributed by atoms with Crippen molar-refractivity contribution >= 4 is 23.1 Å². The third-order valence-electron chi connectivity index (χ3n) is 3.65. The molecule has 2 aromatic heterocycles. The molecule has 0 saturated carbocycles. The first kappa shape index (κ1) is 14.0. The van der Waals surface area contributed by atoms with Gasteiger partial charge in [0.15, 0.2) is 0 Å². The minimum atomic E-state index is -0.346. The van der Waals surface area contributed by atoms with Crippen molar-refractivity contribution in [2.24, 2.45) is 14.1 Å². The normalized spacial score (nSPS) is 11.4. The number of fused-ring (bicyclic) bond motifs is 1. The molecule has 0 bridgehead atoms. The zero-order chi connectivity index (χ0) is 15.7. The highest BCUT2D eigenvalue weighted by molar-refractivity contribution is 5.88. The van der Waals surface area contributed by atoms with Crippen molar-refractivity contribution in [3.05, 3.63) is 74.7 Å². The lowest BCUT2D eigenvalue weighted by molar-refractivity contribution is 0.712. The largest absolute Gasteiger partial charge is 0.330 e. The zero-order valence-corrected chi connectivity index (χ0v) is 12.4. The summed E-state index contributed by atoms with van der Waals surface area (Å²) in [5.41, 5.74) is 1.47. The van der Waals surface area contributed by atoms with Gasteiger partial charge in [0.2, 0.25) is 0 Å². The van der Waals surface area contributed by atoms with E-state index in [0.717, 1.165) is 10.1 Å². The molecule has 0 aliphatic rings. The summed E-state index contributed by atoms with van der Waals surface area (Å²) in [7, 11) is 3.12. The number of hydrogen-bond acceptors (Lipinski definition) is 3. The van der Waals surface area contributed by atoms with Crippen molar-refractivity contribution in [3.63, 3.8) is 0 Å². The van der Waals surface area contributed by atoms with Gasteiger partial charge in [-0.1, -0.05) is 36.4 Å². The molecule has 110 valence electrons. The van der Waals surface area contributed by atoms with Gasteiger partial charge in [-0.2, -0.15) is 0 Å². The molecule has 0 radical (unpaired) electrons. The molecule has 2 heterocycles. The molecule has 0 N–H and O–H groups in total. The first-order chi connectivity index (χ1) is 10.6. The summed E-state index contributed by atoms with van der Waals surface area (Å²) in [5.74, 6) is 0. The van der Waals surface area contributed by atoms with Crippen molar-refractivity contribution in [1.82, 2.24) is 14.1 Å². The molecule has 0 saturated heterocycles. The van der Waals surface area contributed by atoms with Crippen LogP contribution in [0.5, 0.6) is 0 Å². The Morgan fingerprint density at radius 1 is 0.955 bits per heavy atom. The van der Waals surface area contributed by atoms with Gasteiger partial charge in [0.05, 0.1) is 16.6 Å².